The van der Waals surface area contributed by atoms with Crippen molar-refractivity contribution in [2.75, 3.05) is 6.54 Å². The molecule has 1 atom stereocenters. The molecule has 2 rings (SSSR count). The first-order chi connectivity index (χ1) is 9.93. The zero-order valence-corrected chi connectivity index (χ0v) is 11.5. The minimum atomic E-state index is -0.733. The summed E-state index contributed by atoms with van der Waals surface area (Å²) < 4.78 is 32.5. The molecule has 0 fully saturated rings. The number of hydrogen-bond acceptors (Lipinski definition) is 4. The largest absolute Gasteiger partial charge is 0.433 e. The topological polar surface area (TPSA) is 68.3 Å². The number of nitrogens with one attached hydrogen (secondary N) is 1. The Morgan fingerprint density at radius 2 is 2.05 bits per heavy atom. The highest BCUT2D eigenvalue weighted by Gasteiger charge is 2.24. The molecule has 5 nitrogen and oxygen atoms in total. The lowest BCUT2D eigenvalue weighted by atomic mass is 10.0. The number of furan rings is 1. The van der Waals surface area contributed by atoms with Gasteiger partial charge in [0.15, 0.2) is 0 Å². The van der Waals surface area contributed by atoms with Crippen LogP contribution in [0.4, 0.5) is 14.7 Å². The number of halogens is 2. The molecular weight excluding hydrogens is 282 g/mol. The van der Waals surface area contributed by atoms with Gasteiger partial charge in [-0.2, -0.15) is 0 Å². The average Bonchev–Trinajstić information content (AvgIpc) is 2.90. The van der Waals surface area contributed by atoms with E-state index in [1.165, 1.54) is 25.1 Å². The summed E-state index contributed by atoms with van der Waals surface area (Å²) >= 11 is 0. The van der Waals surface area contributed by atoms with Gasteiger partial charge >= 0.3 is 5.88 Å². The molecule has 0 spiro atoms. The van der Waals surface area contributed by atoms with Crippen LogP contribution in [0, 0.1) is 28.7 Å². The number of hydrogen-bond donors (Lipinski definition) is 1. The van der Waals surface area contributed by atoms with Gasteiger partial charge < -0.3 is 9.73 Å². The van der Waals surface area contributed by atoms with Crippen molar-refractivity contribution in [3.8, 4) is 0 Å². The molecule has 112 valence electrons. The van der Waals surface area contributed by atoms with Crippen molar-refractivity contribution in [2.45, 2.75) is 19.9 Å². The fraction of sp³-hybridized carbons (Fsp3) is 0.286. The second-order valence-corrected chi connectivity index (χ2v) is 4.55. The molecular formula is C14H14F2N2O3. The van der Waals surface area contributed by atoms with E-state index in [9.17, 15) is 18.9 Å². The maximum atomic E-state index is 14.0. The van der Waals surface area contributed by atoms with E-state index in [0.29, 0.717) is 6.54 Å². The van der Waals surface area contributed by atoms with Gasteiger partial charge in [0.1, 0.15) is 22.3 Å². The fourth-order valence-corrected chi connectivity index (χ4v) is 2.06. The Balaban J connectivity index is 2.47. The summed E-state index contributed by atoms with van der Waals surface area (Å²) in [5.41, 5.74) is 0.468. The van der Waals surface area contributed by atoms with Gasteiger partial charge in [0.25, 0.3) is 0 Å². The van der Waals surface area contributed by atoms with Crippen molar-refractivity contribution in [3.63, 3.8) is 0 Å². The lowest BCUT2D eigenvalue weighted by molar-refractivity contribution is -0.402. The molecule has 7 heteroatoms. The van der Waals surface area contributed by atoms with Crippen molar-refractivity contribution in [1.29, 1.82) is 0 Å². The fourth-order valence-electron chi connectivity index (χ4n) is 2.06. The first-order valence-corrected chi connectivity index (χ1v) is 6.37. The molecule has 0 amide bonds. The Morgan fingerprint density at radius 1 is 1.33 bits per heavy atom. The predicted molar refractivity (Wildman–Crippen MR) is 72.0 cm³/mol. The van der Waals surface area contributed by atoms with Crippen LogP contribution < -0.4 is 5.32 Å². The molecule has 0 aliphatic carbocycles. The molecule has 0 aliphatic heterocycles. The van der Waals surface area contributed by atoms with Crippen LogP contribution >= 0.6 is 0 Å². The molecule has 1 N–H and O–H groups in total. The highest BCUT2D eigenvalue weighted by Crippen LogP contribution is 2.29. The first kappa shape index (κ1) is 15.1. The smallest absolute Gasteiger partial charge is 0.404 e. The highest BCUT2D eigenvalue weighted by molar-refractivity contribution is 5.34. The second-order valence-electron chi connectivity index (χ2n) is 4.55. The summed E-state index contributed by atoms with van der Waals surface area (Å²) in [6.45, 7) is 3.81. The van der Waals surface area contributed by atoms with E-state index >= 15 is 0 Å². The molecule has 1 aromatic carbocycles. The summed E-state index contributed by atoms with van der Waals surface area (Å²) in [7, 11) is 0. The minimum absolute atomic E-state index is 0.181. The SMILES string of the molecule is CCNC(c1ccc([N+](=O)[O-])o1)c1cc(C)c(F)cc1F. The number of aryl methyl sites for hydroxylation is 1. The normalized spacial score (nSPS) is 12.4. The Labute approximate surface area is 119 Å². The van der Waals surface area contributed by atoms with E-state index in [1.807, 2.05) is 0 Å². The predicted octanol–water partition coefficient (Wildman–Crippen LogP) is 3.47. The molecule has 0 saturated heterocycles. The molecule has 0 bridgehead atoms. The zero-order chi connectivity index (χ0) is 15.6. The molecule has 1 heterocycles. The summed E-state index contributed by atoms with van der Waals surface area (Å²) in [5, 5.41) is 13.6. The number of nitro groups is 1. The van der Waals surface area contributed by atoms with Gasteiger partial charge in [-0.15, -0.1) is 0 Å². The van der Waals surface area contributed by atoms with Crippen molar-refractivity contribution < 1.29 is 18.1 Å². The van der Waals surface area contributed by atoms with Crippen LogP contribution in [0.5, 0.6) is 0 Å². The molecule has 21 heavy (non-hydrogen) atoms. The van der Waals surface area contributed by atoms with Gasteiger partial charge in [-0.1, -0.05) is 6.92 Å². The molecule has 2 aromatic rings. The Bertz CT molecular complexity index is 670. The van der Waals surface area contributed by atoms with Gasteiger partial charge in [-0.3, -0.25) is 10.1 Å². The number of benzene rings is 1. The molecule has 0 saturated carbocycles. The quantitative estimate of drug-likeness (QED) is 0.677. The van der Waals surface area contributed by atoms with E-state index in [2.05, 4.69) is 5.32 Å². The van der Waals surface area contributed by atoms with Crippen LogP contribution in [0.2, 0.25) is 0 Å². The lowest BCUT2D eigenvalue weighted by Gasteiger charge is -2.17. The molecule has 0 aliphatic rings. The summed E-state index contributed by atoms with van der Waals surface area (Å²) in [6.07, 6.45) is 0. The van der Waals surface area contributed by atoms with Crippen LogP contribution in [0.3, 0.4) is 0 Å². The maximum absolute atomic E-state index is 14.0. The highest BCUT2D eigenvalue weighted by atomic mass is 19.1. The first-order valence-electron chi connectivity index (χ1n) is 6.37. The summed E-state index contributed by atoms with van der Waals surface area (Å²) in [6, 6.07) is 4.05. The van der Waals surface area contributed by atoms with Crippen LogP contribution in [-0.4, -0.2) is 11.5 Å². The van der Waals surface area contributed by atoms with Crippen molar-refractivity contribution >= 4 is 5.88 Å². The maximum Gasteiger partial charge on any atom is 0.433 e. The molecule has 1 unspecified atom stereocenters. The van der Waals surface area contributed by atoms with Gasteiger partial charge in [0.05, 0.1) is 12.1 Å². The Kier molecular flexibility index (Phi) is 4.32. The van der Waals surface area contributed by atoms with Gasteiger partial charge in [-0.25, -0.2) is 8.78 Å². The van der Waals surface area contributed by atoms with E-state index in [0.717, 1.165) is 6.07 Å². The molecule has 0 radical (unpaired) electrons. The van der Waals surface area contributed by atoms with Crippen molar-refractivity contribution in [3.05, 3.63) is 62.9 Å². The third kappa shape index (κ3) is 3.08. The van der Waals surface area contributed by atoms with Gasteiger partial charge in [-0.05, 0) is 31.2 Å². The lowest BCUT2D eigenvalue weighted by Crippen LogP contribution is -2.23. The number of rotatable bonds is 5. The van der Waals surface area contributed by atoms with E-state index in [-0.39, 0.29) is 16.9 Å². The van der Waals surface area contributed by atoms with E-state index in [1.54, 1.807) is 6.92 Å². The molecule has 1 aromatic heterocycles. The van der Waals surface area contributed by atoms with Crippen molar-refractivity contribution in [2.24, 2.45) is 0 Å². The van der Waals surface area contributed by atoms with Crippen molar-refractivity contribution in [1.82, 2.24) is 5.32 Å². The monoisotopic (exact) mass is 296 g/mol. The van der Waals surface area contributed by atoms with Gasteiger partial charge in [0, 0.05) is 11.6 Å². The van der Waals surface area contributed by atoms with Gasteiger partial charge in [0.2, 0.25) is 0 Å². The van der Waals surface area contributed by atoms with Crippen LogP contribution in [-0.2, 0) is 0 Å². The second kappa shape index (κ2) is 6.01. The average molecular weight is 296 g/mol. The zero-order valence-electron chi connectivity index (χ0n) is 11.5. The summed E-state index contributed by atoms with van der Waals surface area (Å²) in [5.74, 6) is -1.60. The Morgan fingerprint density at radius 3 is 2.62 bits per heavy atom. The van der Waals surface area contributed by atoms with Crippen LogP contribution in [0.25, 0.3) is 0 Å². The minimum Gasteiger partial charge on any atom is -0.404 e. The van der Waals surface area contributed by atoms with Crippen LogP contribution in [0.1, 0.15) is 29.9 Å². The van der Waals surface area contributed by atoms with Crippen LogP contribution in [0.15, 0.2) is 28.7 Å². The van der Waals surface area contributed by atoms with E-state index < -0.39 is 28.5 Å². The standard InChI is InChI=1S/C14H14F2N2O3/c1-3-17-14(12-4-5-13(21-12)18(19)20)9-6-8(2)10(15)7-11(9)16/h4-7,14,17H,3H2,1-2H3. The third-order valence-electron chi connectivity index (χ3n) is 3.07. The number of nitrogens with zero attached hydrogens (tertiary/aromatic N) is 1. The third-order valence-corrected chi connectivity index (χ3v) is 3.07. The van der Waals surface area contributed by atoms with E-state index in [4.69, 9.17) is 4.42 Å². The Hall–Kier alpha value is -2.28. The summed E-state index contributed by atoms with van der Waals surface area (Å²) in [4.78, 5) is 10.00.